The van der Waals surface area contributed by atoms with E-state index in [1.54, 1.807) is 31.2 Å². The smallest absolute Gasteiger partial charge is 0.252 e. The van der Waals surface area contributed by atoms with Crippen molar-refractivity contribution in [1.29, 1.82) is 0 Å². The first kappa shape index (κ1) is 13.1. The summed E-state index contributed by atoms with van der Waals surface area (Å²) in [5.74, 6) is 0.257. The highest BCUT2D eigenvalue weighted by molar-refractivity contribution is 6.30. The molecule has 98 valence electrons. The molecule has 0 fully saturated rings. The van der Waals surface area contributed by atoms with Gasteiger partial charge in [-0.2, -0.15) is 4.99 Å². The van der Waals surface area contributed by atoms with Crippen molar-refractivity contribution in [2.24, 2.45) is 10.7 Å². The number of rotatable bonds is 2. The number of nitrogens with one attached hydrogen (secondary N) is 2. The first-order chi connectivity index (χ1) is 9.02. The van der Waals surface area contributed by atoms with Gasteiger partial charge in [0.05, 0.1) is 0 Å². The lowest BCUT2D eigenvalue weighted by Crippen LogP contribution is -2.22. The maximum absolute atomic E-state index is 11.3. The van der Waals surface area contributed by atoms with Gasteiger partial charge in [-0.25, -0.2) is 4.98 Å². The van der Waals surface area contributed by atoms with Gasteiger partial charge in [0.25, 0.3) is 5.56 Å². The van der Waals surface area contributed by atoms with Crippen LogP contribution in [0.3, 0.4) is 0 Å². The molecule has 0 amide bonds. The predicted octanol–water partition coefficient (Wildman–Crippen LogP) is 1.79. The van der Waals surface area contributed by atoms with Crippen LogP contribution in [-0.2, 0) is 0 Å². The molecule has 0 saturated heterocycles. The molecule has 0 spiro atoms. The normalized spacial score (nSPS) is 11.4. The number of hydrogen-bond acceptors (Lipinski definition) is 3. The van der Waals surface area contributed by atoms with E-state index in [9.17, 15) is 4.79 Å². The number of benzene rings is 1. The van der Waals surface area contributed by atoms with Crippen molar-refractivity contribution >= 4 is 29.2 Å². The van der Waals surface area contributed by atoms with Gasteiger partial charge in [0.2, 0.25) is 11.9 Å². The summed E-state index contributed by atoms with van der Waals surface area (Å²) in [4.78, 5) is 21.8. The van der Waals surface area contributed by atoms with E-state index in [2.05, 4.69) is 20.3 Å². The number of aromatic amines is 1. The van der Waals surface area contributed by atoms with E-state index in [-0.39, 0.29) is 17.5 Å². The maximum atomic E-state index is 11.3. The van der Waals surface area contributed by atoms with Gasteiger partial charge >= 0.3 is 0 Å². The van der Waals surface area contributed by atoms with Crippen LogP contribution in [-0.4, -0.2) is 15.9 Å². The molecule has 7 heteroatoms. The van der Waals surface area contributed by atoms with Gasteiger partial charge in [-0.15, -0.1) is 0 Å². The Labute approximate surface area is 114 Å². The Morgan fingerprint density at radius 2 is 2.26 bits per heavy atom. The average Bonchev–Trinajstić information content (AvgIpc) is 2.26. The summed E-state index contributed by atoms with van der Waals surface area (Å²) < 4.78 is 0. The highest BCUT2D eigenvalue weighted by Gasteiger charge is 1.99. The number of aryl methyl sites for hydroxylation is 1. The Hall–Kier alpha value is -2.34. The van der Waals surface area contributed by atoms with Crippen molar-refractivity contribution in [2.75, 3.05) is 5.32 Å². The molecular formula is C12H12ClN5O. The second-order valence-electron chi connectivity index (χ2n) is 3.84. The number of halogens is 1. The molecular weight excluding hydrogens is 266 g/mol. The van der Waals surface area contributed by atoms with Crippen molar-refractivity contribution in [1.82, 2.24) is 9.97 Å². The van der Waals surface area contributed by atoms with Gasteiger partial charge in [0.1, 0.15) is 0 Å². The Morgan fingerprint density at radius 1 is 1.47 bits per heavy atom. The number of anilines is 1. The third kappa shape index (κ3) is 3.82. The summed E-state index contributed by atoms with van der Waals surface area (Å²) in [6, 6.07) is 8.40. The van der Waals surface area contributed by atoms with E-state index >= 15 is 0 Å². The molecule has 0 unspecified atom stereocenters. The number of aromatic nitrogens is 2. The van der Waals surface area contributed by atoms with Crippen molar-refractivity contribution in [3.63, 3.8) is 0 Å². The molecule has 0 bridgehead atoms. The van der Waals surface area contributed by atoms with Crippen LogP contribution in [0.4, 0.5) is 11.6 Å². The second kappa shape index (κ2) is 5.53. The van der Waals surface area contributed by atoms with Crippen LogP contribution in [0.2, 0.25) is 5.02 Å². The summed E-state index contributed by atoms with van der Waals surface area (Å²) in [6.45, 7) is 1.70. The van der Waals surface area contributed by atoms with Crippen LogP contribution in [0, 0.1) is 6.92 Å². The molecule has 1 heterocycles. The molecule has 19 heavy (non-hydrogen) atoms. The summed E-state index contributed by atoms with van der Waals surface area (Å²) >= 11 is 5.85. The third-order valence-electron chi connectivity index (χ3n) is 2.18. The Kier molecular flexibility index (Phi) is 3.82. The van der Waals surface area contributed by atoms with Gasteiger partial charge in [-0.3, -0.25) is 9.78 Å². The molecule has 0 atom stereocenters. The molecule has 6 nitrogen and oxygen atoms in total. The van der Waals surface area contributed by atoms with Gasteiger partial charge in [0, 0.05) is 22.5 Å². The maximum Gasteiger partial charge on any atom is 0.252 e. The number of aliphatic imine (C=N–C) groups is 1. The van der Waals surface area contributed by atoms with Crippen LogP contribution in [0.5, 0.6) is 0 Å². The van der Waals surface area contributed by atoms with E-state index in [4.69, 9.17) is 17.3 Å². The first-order valence-electron chi connectivity index (χ1n) is 5.47. The van der Waals surface area contributed by atoms with Crippen molar-refractivity contribution in [3.8, 4) is 0 Å². The number of H-pyrrole nitrogens is 1. The van der Waals surface area contributed by atoms with Crippen molar-refractivity contribution < 1.29 is 0 Å². The van der Waals surface area contributed by atoms with E-state index in [0.29, 0.717) is 16.4 Å². The number of guanidine groups is 1. The monoisotopic (exact) mass is 277 g/mol. The van der Waals surface area contributed by atoms with Crippen LogP contribution >= 0.6 is 11.6 Å². The third-order valence-corrected chi connectivity index (χ3v) is 2.42. The van der Waals surface area contributed by atoms with Crippen molar-refractivity contribution in [3.05, 3.63) is 51.4 Å². The molecule has 0 aliphatic carbocycles. The molecule has 0 radical (unpaired) electrons. The van der Waals surface area contributed by atoms with Gasteiger partial charge in [-0.05, 0) is 25.1 Å². The first-order valence-corrected chi connectivity index (χ1v) is 5.85. The minimum Gasteiger partial charge on any atom is -0.369 e. The Bertz CT molecular complexity index is 680. The molecule has 0 saturated carbocycles. The predicted molar refractivity (Wildman–Crippen MR) is 76.0 cm³/mol. The number of hydrogen-bond donors (Lipinski definition) is 3. The Morgan fingerprint density at radius 3 is 2.95 bits per heavy atom. The molecule has 4 N–H and O–H groups in total. The van der Waals surface area contributed by atoms with E-state index in [0.717, 1.165) is 0 Å². The van der Waals surface area contributed by atoms with Crippen LogP contribution in [0.25, 0.3) is 0 Å². The second-order valence-corrected chi connectivity index (χ2v) is 4.28. The average molecular weight is 278 g/mol. The van der Waals surface area contributed by atoms with Crippen LogP contribution in [0.1, 0.15) is 5.69 Å². The lowest BCUT2D eigenvalue weighted by atomic mass is 10.3. The molecule has 2 rings (SSSR count). The highest BCUT2D eigenvalue weighted by atomic mass is 35.5. The SMILES string of the molecule is Cc1cc(=O)[nH]c(/N=C(\N)Nc2cccc(Cl)c2)n1. The zero-order chi connectivity index (χ0) is 13.8. The number of nitrogens with zero attached hydrogens (tertiary/aromatic N) is 2. The molecule has 1 aromatic carbocycles. The van der Waals surface area contributed by atoms with E-state index < -0.39 is 0 Å². The molecule has 0 aliphatic rings. The lowest BCUT2D eigenvalue weighted by molar-refractivity contribution is 1.05. The zero-order valence-electron chi connectivity index (χ0n) is 10.1. The quantitative estimate of drug-likeness (QED) is 0.576. The topological polar surface area (TPSA) is 96.2 Å². The molecule has 1 aromatic heterocycles. The summed E-state index contributed by atoms with van der Waals surface area (Å²) in [7, 11) is 0. The molecule has 2 aromatic rings. The fraction of sp³-hybridized carbons (Fsp3) is 0.0833. The van der Waals surface area contributed by atoms with Crippen LogP contribution in [0.15, 0.2) is 40.1 Å². The minimum atomic E-state index is -0.276. The van der Waals surface area contributed by atoms with E-state index in [1.807, 2.05) is 0 Å². The summed E-state index contributed by atoms with van der Waals surface area (Å²) in [5.41, 5.74) is 6.71. The van der Waals surface area contributed by atoms with Gasteiger partial charge < -0.3 is 11.1 Å². The Balaban J connectivity index is 2.21. The zero-order valence-corrected chi connectivity index (χ0v) is 10.9. The fourth-order valence-corrected chi connectivity index (χ4v) is 1.66. The molecule has 0 aliphatic heterocycles. The highest BCUT2D eigenvalue weighted by Crippen LogP contribution is 2.14. The van der Waals surface area contributed by atoms with Crippen LogP contribution < -0.4 is 16.6 Å². The van der Waals surface area contributed by atoms with E-state index in [1.165, 1.54) is 6.07 Å². The lowest BCUT2D eigenvalue weighted by Gasteiger charge is -2.05. The van der Waals surface area contributed by atoms with Gasteiger partial charge in [0.15, 0.2) is 0 Å². The summed E-state index contributed by atoms with van der Waals surface area (Å²) in [6.07, 6.45) is 0. The fourth-order valence-electron chi connectivity index (χ4n) is 1.47. The minimum absolute atomic E-state index is 0.107. The van der Waals surface area contributed by atoms with Gasteiger partial charge in [-0.1, -0.05) is 17.7 Å². The standard InChI is InChI=1S/C12H12ClN5O/c1-7-5-10(19)17-12(15-7)18-11(14)16-9-4-2-3-8(13)6-9/h2-6H,1H3,(H4,14,15,16,17,18,19). The largest absolute Gasteiger partial charge is 0.369 e. The van der Waals surface area contributed by atoms with Crippen molar-refractivity contribution in [2.45, 2.75) is 6.92 Å². The number of nitrogens with two attached hydrogens (primary N) is 1. The summed E-state index contributed by atoms with van der Waals surface area (Å²) in [5, 5.41) is 3.43.